The molecule has 0 spiro atoms. The van der Waals surface area contributed by atoms with Crippen molar-refractivity contribution in [2.75, 3.05) is 14.7 Å². The normalized spacial score (nSPS) is 15.3. The third kappa shape index (κ3) is 11.1. The van der Waals surface area contributed by atoms with E-state index in [0.29, 0.717) is 39.4 Å². The highest BCUT2D eigenvalue weighted by Crippen LogP contribution is 2.54. The first kappa shape index (κ1) is 47.3. The summed E-state index contributed by atoms with van der Waals surface area (Å²) in [6.07, 6.45) is 0. The molecule has 2 aliphatic rings. The van der Waals surface area contributed by atoms with E-state index in [1.807, 2.05) is 127 Å². The Morgan fingerprint density at radius 1 is 0.282 bits per heavy atom. The van der Waals surface area contributed by atoms with Gasteiger partial charge in [-0.05, 0) is 204 Å². The van der Waals surface area contributed by atoms with Crippen LogP contribution in [0.4, 0.5) is 51.2 Å². The van der Waals surface area contributed by atoms with Crippen molar-refractivity contribution < 1.29 is 28.8 Å². The van der Waals surface area contributed by atoms with E-state index in [9.17, 15) is 21.9 Å². The number of fused-ring (bicyclic) bond motifs is 10. The van der Waals surface area contributed by atoms with Gasteiger partial charge in [0.2, 0.25) is 0 Å². The number of nitrogens with zero attached hydrogens (tertiary/aromatic N) is 5. The van der Waals surface area contributed by atoms with Gasteiger partial charge in [0.05, 0.1) is 62.2 Å². The minimum atomic E-state index is -0.828. The van der Waals surface area contributed by atoms with Crippen LogP contribution in [0.25, 0.3) is 111 Å². The van der Waals surface area contributed by atoms with Crippen molar-refractivity contribution in [3.8, 4) is 67.0 Å². The van der Waals surface area contributed by atoms with Crippen LogP contribution >= 0.6 is 0 Å². The SMILES string of the molecule is [2H]c1c([2H])c([2H])c(N(c2ccc(-n3c4c([2H])c([2H])c([2H])c([2H])c4c4c([2H])c([2H])c([2H])c([2H])c43)cc2)c2ccc3c(c2)N(c2cc(-c4ccccc4)cc(-c4ccccc4)c2)c2cc(-n4c5c([2H])c([2H])c([2H])c([2H])c5c5c([2H])c([2H])c([2H])c([2H])c54)cc4c2B3c2ccc(-c3cccc(C(C)(C)C)c3)cc2N4c2c(-c3ccccc3)cc(C(C)(C)C)cc2-c2ccccc2)c([2H])c1[2H]. The van der Waals surface area contributed by atoms with Gasteiger partial charge >= 0.3 is 0 Å². The molecule has 0 fully saturated rings. The minimum Gasteiger partial charge on any atom is -0.311 e. The summed E-state index contributed by atoms with van der Waals surface area (Å²) in [7, 11) is 0. The molecular weight excluding hydrogens is 1330 g/mol. The lowest BCUT2D eigenvalue weighted by Crippen LogP contribution is -2.61. The molecule has 0 amide bonds. The first-order valence-electron chi connectivity index (χ1n) is 47.3. The molecule has 5 nitrogen and oxygen atoms in total. The molecular formula is C104H80BN5. The monoisotopic (exact) mass is 1430 g/mol. The maximum atomic E-state index is 10.2. The molecule has 0 N–H and O–H groups in total. The van der Waals surface area contributed by atoms with Crippen LogP contribution in [0, 0.1) is 0 Å². The van der Waals surface area contributed by atoms with E-state index in [2.05, 4.69) is 148 Å². The highest BCUT2D eigenvalue weighted by atomic mass is 15.2. The molecule has 110 heavy (non-hydrogen) atoms. The Morgan fingerprint density at radius 2 is 0.709 bits per heavy atom. The van der Waals surface area contributed by atoms with Crippen molar-refractivity contribution in [2.45, 2.75) is 52.4 Å². The van der Waals surface area contributed by atoms with Gasteiger partial charge in [0, 0.05) is 83.9 Å². The summed E-state index contributed by atoms with van der Waals surface area (Å²) in [5.74, 6) is 0. The van der Waals surface area contributed by atoms with Gasteiger partial charge in [0.15, 0.2) is 0 Å². The highest BCUT2D eigenvalue weighted by Gasteiger charge is 2.46. The van der Waals surface area contributed by atoms with E-state index < -0.39 is 139 Å². The van der Waals surface area contributed by atoms with E-state index in [4.69, 9.17) is 6.85 Å². The molecule has 16 aromatic carbocycles. The Bertz CT molecular complexity index is 7650. The number of rotatable bonds is 12. The molecule has 4 heterocycles. The number of aromatic nitrogens is 2. The number of anilines is 9. The second-order valence-corrected chi connectivity index (χ2v) is 30.1. The van der Waals surface area contributed by atoms with Gasteiger partial charge in [0.25, 0.3) is 6.71 Å². The fraction of sp³-hybridized carbons (Fsp3) is 0.0769. The number of para-hydroxylation sites is 5. The third-order valence-electron chi connectivity index (χ3n) is 21.5. The van der Waals surface area contributed by atoms with E-state index in [1.165, 1.54) is 4.57 Å². The summed E-state index contributed by atoms with van der Waals surface area (Å²) in [6, 6.07) is 69.5. The molecule has 2 aliphatic heterocycles. The molecule has 20 rings (SSSR count). The molecule has 18 aromatic rings. The van der Waals surface area contributed by atoms with Gasteiger partial charge in [-0.3, -0.25) is 0 Å². The lowest BCUT2D eigenvalue weighted by molar-refractivity contribution is 0.590. The van der Waals surface area contributed by atoms with Crippen LogP contribution in [0.5, 0.6) is 0 Å². The second-order valence-electron chi connectivity index (χ2n) is 30.1. The summed E-state index contributed by atoms with van der Waals surface area (Å²) in [5.41, 5.74) is 15.3. The Kier molecular flexibility index (Phi) is 11.3. The molecule has 524 valence electrons. The lowest BCUT2D eigenvalue weighted by atomic mass is 9.33. The van der Waals surface area contributed by atoms with Crippen molar-refractivity contribution in [3.63, 3.8) is 0 Å². The lowest BCUT2D eigenvalue weighted by Gasteiger charge is -2.46. The van der Waals surface area contributed by atoms with Gasteiger partial charge < -0.3 is 23.8 Å². The first-order chi connectivity index (χ1) is 62.5. The maximum Gasteiger partial charge on any atom is 0.252 e. The molecule has 0 radical (unpaired) electrons. The van der Waals surface area contributed by atoms with Gasteiger partial charge in [0.1, 0.15) is 0 Å². The van der Waals surface area contributed by atoms with Crippen molar-refractivity contribution in [2.24, 2.45) is 0 Å². The summed E-state index contributed by atoms with van der Waals surface area (Å²) in [5, 5.41) is -0.583. The van der Waals surface area contributed by atoms with Crippen LogP contribution in [0.15, 0.2) is 376 Å². The smallest absolute Gasteiger partial charge is 0.252 e. The summed E-state index contributed by atoms with van der Waals surface area (Å²) in [4.78, 5) is 5.96. The minimum absolute atomic E-state index is 0.135. The molecule has 0 saturated carbocycles. The quantitative estimate of drug-likeness (QED) is 0.114. The van der Waals surface area contributed by atoms with E-state index in [0.717, 1.165) is 77.9 Å². The van der Waals surface area contributed by atoms with Gasteiger partial charge in [-0.2, -0.15) is 0 Å². The Labute approximate surface area is 673 Å². The Balaban J connectivity index is 0.975. The van der Waals surface area contributed by atoms with Gasteiger partial charge in [-0.1, -0.05) is 296 Å². The van der Waals surface area contributed by atoms with Crippen molar-refractivity contribution in [3.05, 3.63) is 387 Å². The summed E-state index contributed by atoms with van der Waals surface area (Å²) < 4.78 is 202. The summed E-state index contributed by atoms with van der Waals surface area (Å²) in [6.45, 7) is 12.2. The predicted octanol–water partition coefficient (Wildman–Crippen LogP) is 26.4. The topological polar surface area (TPSA) is 19.6 Å². The molecule has 0 aliphatic carbocycles. The highest BCUT2D eigenvalue weighted by molar-refractivity contribution is 7.00. The fourth-order valence-electron chi connectivity index (χ4n) is 16.3. The molecule has 6 heteroatoms. The second kappa shape index (κ2) is 26.2. The molecule has 0 bridgehead atoms. The van der Waals surface area contributed by atoms with Crippen LogP contribution in [0.1, 0.15) is 81.5 Å². The number of hydrogen-bond acceptors (Lipinski definition) is 3. The van der Waals surface area contributed by atoms with Crippen LogP contribution in [0.3, 0.4) is 0 Å². The van der Waals surface area contributed by atoms with E-state index in [-0.39, 0.29) is 77.5 Å². The summed E-state index contributed by atoms with van der Waals surface area (Å²) >= 11 is 0. The van der Waals surface area contributed by atoms with Crippen LogP contribution in [-0.2, 0) is 10.8 Å². The molecule has 0 unspecified atom stereocenters. The Morgan fingerprint density at radius 3 is 1.22 bits per heavy atom. The maximum absolute atomic E-state index is 10.2. The molecule has 2 aromatic heterocycles. The number of benzene rings is 16. The van der Waals surface area contributed by atoms with E-state index >= 15 is 0 Å². The van der Waals surface area contributed by atoms with Crippen LogP contribution in [0.2, 0.25) is 0 Å². The van der Waals surface area contributed by atoms with E-state index in [1.54, 1.807) is 33.7 Å². The van der Waals surface area contributed by atoms with Crippen LogP contribution < -0.4 is 31.1 Å². The Hall–Kier alpha value is -13.4. The van der Waals surface area contributed by atoms with Crippen molar-refractivity contribution >= 4 is 118 Å². The zero-order chi connectivity index (χ0) is 92.2. The standard InChI is InChI=1S/C104H80BN5/c1-103(2,3)77-40-30-39-73(60-77)74-51-57-91-97(63-74)110(102-89(71-35-16-9-17-36-71)64-78(104(4,5)6)65-90(102)72-37-18-10-19-38-72)100-68-84(108-95-49-28-24-45-87(95)88-46-25-29-50-96(88)108)67-99-101(100)105(91)92-58-56-82(66-98(92)109(99)83-61-75(69-31-12-7-13-32-69)59-76(62-83)70-33-14-8-15-34-70)106(79-41-20-11-21-42-79)80-52-54-81(55-53-80)107-93-47-26-22-43-85(93)86-44-23-27-48-94(86)107/h7-68H,1-6H3/i11D,20D,21D,22D,23D,24D,25D,26D,27D,28D,29D,41D,42D,43D,44D,45D,46D,47D,48D,49D,50D. The zero-order valence-corrected chi connectivity index (χ0v) is 61.0. The fourth-order valence-corrected chi connectivity index (χ4v) is 16.3. The average molecular weight is 1430 g/mol. The molecule has 0 saturated heterocycles. The average Bonchev–Trinajstić information content (AvgIpc) is 1.68. The van der Waals surface area contributed by atoms with Crippen molar-refractivity contribution in [1.29, 1.82) is 0 Å². The van der Waals surface area contributed by atoms with Gasteiger partial charge in [-0.15, -0.1) is 0 Å². The largest absolute Gasteiger partial charge is 0.311 e. The van der Waals surface area contributed by atoms with Crippen molar-refractivity contribution in [1.82, 2.24) is 9.13 Å². The zero-order valence-electron chi connectivity index (χ0n) is 82.0. The molecule has 0 atom stereocenters. The predicted molar refractivity (Wildman–Crippen MR) is 468 cm³/mol. The third-order valence-corrected chi connectivity index (χ3v) is 21.5. The number of hydrogen-bond donors (Lipinski definition) is 0. The van der Waals surface area contributed by atoms with Gasteiger partial charge in [-0.25, -0.2) is 0 Å². The first-order valence-corrected chi connectivity index (χ1v) is 36.8. The van der Waals surface area contributed by atoms with Crippen LogP contribution in [-0.4, -0.2) is 15.8 Å².